The van der Waals surface area contributed by atoms with Crippen LogP contribution in [0, 0.1) is 10.1 Å². The summed E-state index contributed by atoms with van der Waals surface area (Å²) in [6.45, 7) is 0.605. The van der Waals surface area contributed by atoms with Crippen LogP contribution in [0.4, 0.5) is 11.4 Å². The number of thioether (sulfide) groups is 2. The Balaban J connectivity index is 2.06. The summed E-state index contributed by atoms with van der Waals surface area (Å²) < 4.78 is 0. The van der Waals surface area contributed by atoms with Gasteiger partial charge in [0.15, 0.2) is 0 Å². The van der Waals surface area contributed by atoms with Gasteiger partial charge >= 0.3 is 0 Å². The van der Waals surface area contributed by atoms with Gasteiger partial charge in [0.2, 0.25) is 0 Å². The summed E-state index contributed by atoms with van der Waals surface area (Å²) in [6.07, 6.45) is 0. The first-order valence-electron chi connectivity index (χ1n) is 6.02. The van der Waals surface area contributed by atoms with Crippen LogP contribution < -0.4 is 5.32 Å². The SMILES string of the molecule is O=[N+]([O-])c1ccc(CO)cc1NCC1CSCCS1. The molecule has 1 fully saturated rings. The third-order valence-corrected chi connectivity index (χ3v) is 5.69. The fourth-order valence-corrected chi connectivity index (χ4v) is 4.47. The van der Waals surface area contributed by atoms with Gasteiger partial charge in [-0.05, 0) is 17.7 Å². The Labute approximate surface area is 120 Å². The van der Waals surface area contributed by atoms with Crippen LogP contribution in [-0.4, -0.2) is 39.1 Å². The molecule has 1 aromatic rings. The molecule has 1 heterocycles. The van der Waals surface area contributed by atoms with E-state index in [0.717, 1.165) is 11.5 Å². The van der Waals surface area contributed by atoms with E-state index in [1.807, 2.05) is 23.5 Å². The molecular formula is C12H16N2O3S2. The van der Waals surface area contributed by atoms with Crippen molar-refractivity contribution >= 4 is 34.9 Å². The van der Waals surface area contributed by atoms with Gasteiger partial charge in [0, 0.05) is 35.1 Å². The Hall–Kier alpha value is -0.920. The van der Waals surface area contributed by atoms with Crippen LogP contribution in [0.3, 0.4) is 0 Å². The van der Waals surface area contributed by atoms with Gasteiger partial charge in [0.25, 0.3) is 5.69 Å². The molecule has 0 bridgehead atoms. The molecule has 2 N–H and O–H groups in total. The van der Waals surface area contributed by atoms with E-state index in [9.17, 15) is 10.1 Å². The number of aliphatic hydroxyl groups excluding tert-OH is 1. The van der Waals surface area contributed by atoms with Gasteiger partial charge in [0.05, 0.1) is 11.5 Å². The molecule has 0 saturated carbocycles. The van der Waals surface area contributed by atoms with Gasteiger partial charge in [-0.1, -0.05) is 0 Å². The Kier molecular flexibility index (Phi) is 5.35. The molecule has 104 valence electrons. The Morgan fingerprint density at radius 2 is 2.32 bits per heavy atom. The Morgan fingerprint density at radius 1 is 1.47 bits per heavy atom. The number of nitro groups is 1. The molecule has 19 heavy (non-hydrogen) atoms. The maximum Gasteiger partial charge on any atom is 0.292 e. The zero-order valence-electron chi connectivity index (χ0n) is 10.4. The van der Waals surface area contributed by atoms with Crippen molar-refractivity contribution in [2.75, 3.05) is 29.1 Å². The second-order valence-electron chi connectivity index (χ2n) is 4.22. The molecule has 1 atom stereocenters. The van der Waals surface area contributed by atoms with Crippen LogP contribution in [-0.2, 0) is 6.61 Å². The summed E-state index contributed by atoms with van der Waals surface area (Å²) in [5.41, 5.74) is 1.23. The van der Waals surface area contributed by atoms with Crippen LogP contribution >= 0.6 is 23.5 Å². The summed E-state index contributed by atoms with van der Waals surface area (Å²) in [5.74, 6) is 3.39. The van der Waals surface area contributed by atoms with Crippen molar-refractivity contribution in [2.45, 2.75) is 11.9 Å². The molecule has 2 rings (SSSR count). The number of benzene rings is 1. The topological polar surface area (TPSA) is 75.4 Å². The van der Waals surface area contributed by atoms with E-state index < -0.39 is 4.92 Å². The van der Waals surface area contributed by atoms with Crippen LogP contribution in [0.2, 0.25) is 0 Å². The van der Waals surface area contributed by atoms with Crippen LogP contribution in [0.15, 0.2) is 18.2 Å². The van der Waals surface area contributed by atoms with Crippen molar-refractivity contribution in [3.8, 4) is 0 Å². The highest BCUT2D eigenvalue weighted by Crippen LogP contribution is 2.28. The maximum absolute atomic E-state index is 11.0. The van der Waals surface area contributed by atoms with Crippen molar-refractivity contribution < 1.29 is 10.0 Å². The van der Waals surface area contributed by atoms with Gasteiger partial charge in [-0.2, -0.15) is 23.5 Å². The molecule has 1 unspecified atom stereocenters. The quantitative estimate of drug-likeness (QED) is 0.642. The van der Waals surface area contributed by atoms with Gasteiger partial charge in [0.1, 0.15) is 5.69 Å². The highest BCUT2D eigenvalue weighted by molar-refractivity contribution is 8.06. The number of nitro benzene ring substituents is 1. The first-order valence-corrected chi connectivity index (χ1v) is 8.22. The summed E-state index contributed by atoms with van der Waals surface area (Å²) in [6, 6.07) is 4.67. The van der Waals surface area contributed by atoms with Crippen molar-refractivity contribution in [3.63, 3.8) is 0 Å². The van der Waals surface area contributed by atoms with Crippen LogP contribution in [0.1, 0.15) is 5.56 Å². The lowest BCUT2D eigenvalue weighted by Gasteiger charge is -2.21. The van der Waals surface area contributed by atoms with Gasteiger partial charge in [-0.25, -0.2) is 0 Å². The lowest BCUT2D eigenvalue weighted by molar-refractivity contribution is -0.384. The van der Waals surface area contributed by atoms with E-state index in [-0.39, 0.29) is 12.3 Å². The fraction of sp³-hybridized carbons (Fsp3) is 0.500. The van der Waals surface area contributed by atoms with E-state index in [0.29, 0.717) is 23.0 Å². The third kappa shape index (κ3) is 4.02. The molecule has 0 aliphatic carbocycles. The zero-order chi connectivity index (χ0) is 13.7. The second kappa shape index (κ2) is 7.02. The number of hydrogen-bond acceptors (Lipinski definition) is 6. The average molecular weight is 300 g/mol. The summed E-state index contributed by atoms with van der Waals surface area (Å²) in [7, 11) is 0. The minimum absolute atomic E-state index is 0.0608. The molecule has 0 amide bonds. The first kappa shape index (κ1) is 14.5. The van der Waals surface area contributed by atoms with E-state index in [2.05, 4.69) is 5.32 Å². The molecule has 5 nitrogen and oxygen atoms in total. The zero-order valence-corrected chi connectivity index (χ0v) is 12.0. The molecule has 1 saturated heterocycles. The molecule has 0 spiro atoms. The standard InChI is InChI=1S/C12H16N2O3S2/c15-7-9-1-2-12(14(16)17)11(5-9)13-6-10-8-18-3-4-19-10/h1-2,5,10,13,15H,3-4,6-8H2. The van der Waals surface area contributed by atoms with E-state index in [1.54, 1.807) is 12.1 Å². The number of hydrogen-bond donors (Lipinski definition) is 2. The highest BCUT2D eigenvalue weighted by Gasteiger charge is 2.18. The second-order valence-corrected chi connectivity index (χ2v) is 6.77. The number of aliphatic hydroxyl groups is 1. The normalized spacial score (nSPS) is 19.1. The van der Waals surface area contributed by atoms with Crippen molar-refractivity contribution in [2.24, 2.45) is 0 Å². The molecule has 1 aliphatic rings. The summed E-state index contributed by atoms with van der Waals surface area (Å²) >= 11 is 3.83. The fourth-order valence-electron chi connectivity index (χ4n) is 1.86. The lowest BCUT2D eigenvalue weighted by Crippen LogP contribution is -2.23. The monoisotopic (exact) mass is 300 g/mol. The minimum atomic E-state index is -0.397. The molecule has 1 aromatic carbocycles. The third-order valence-electron chi connectivity index (χ3n) is 2.85. The molecule has 1 aliphatic heterocycles. The van der Waals surface area contributed by atoms with Crippen molar-refractivity contribution in [1.82, 2.24) is 0 Å². The number of nitrogens with zero attached hydrogens (tertiary/aromatic N) is 1. The van der Waals surface area contributed by atoms with Crippen LogP contribution in [0.25, 0.3) is 0 Å². The van der Waals surface area contributed by atoms with Gasteiger partial charge in [-0.15, -0.1) is 0 Å². The largest absolute Gasteiger partial charge is 0.392 e. The minimum Gasteiger partial charge on any atom is -0.392 e. The van der Waals surface area contributed by atoms with E-state index in [4.69, 9.17) is 5.11 Å². The maximum atomic E-state index is 11.0. The number of rotatable bonds is 5. The average Bonchev–Trinajstić information content (AvgIpc) is 2.45. The molecular weight excluding hydrogens is 284 g/mol. The Bertz CT molecular complexity index is 451. The smallest absolute Gasteiger partial charge is 0.292 e. The van der Waals surface area contributed by atoms with Crippen molar-refractivity contribution in [3.05, 3.63) is 33.9 Å². The van der Waals surface area contributed by atoms with E-state index >= 15 is 0 Å². The lowest BCUT2D eigenvalue weighted by atomic mass is 10.2. The predicted molar refractivity (Wildman–Crippen MR) is 81.1 cm³/mol. The van der Waals surface area contributed by atoms with Gasteiger partial charge < -0.3 is 10.4 Å². The van der Waals surface area contributed by atoms with Gasteiger partial charge in [-0.3, -0.25) is 10.1 Å². The number of nitrogens with one attached hydrogen (secondary N) is 1. The molecule has 0 aromatic heterocycles. The molecule has 7 heteroatoms. The van der Waals surface area contributed by atoms with Crippen molar-refractivity contribution in [1.29, 1.82) is 0 Å². The van der Waals surface area contributed by atoms with E-state index in [1.165, 1.54) is 11.8 Å². The highest BCUT2D eigenvalue weighted by atomic mass is 32.2. The summed E-state index contributed by atoms with van der Waals surface area (Å²) in [5, 5.41) is 23.7. The Morgan fingerprint density at radius 3 is 2.95 bits per heavy atom. The van der Waals surface area contributed by atoms with Crippen LogP contribution in [0.5, 0.6) is 0 Å². The first-order chi connectivity index (χ1) is 9.20. The summed E-state index contributed by atoms with van der Waals surface area (Å²) in [4.78, 5) is 10.6. The number of anilines is 1. The predicted octanol–water partition coefficient (Wildman–Crippen LogP) is 2.35. The molecule has 0 radical (unpaired) electrons.